The van der Waals surface area contributed by atoms with E-state index in [2.05, 4.69) is 24.1 Å². The molecule has 0 atom stereocenters. The van der Waals surface area contributed by atoms with Gasteiger partial charge in [0.1, 0.15) is 5.00 Å². The van der Waals surface area contributed by atoms with Gasteiger partial charge in [0, 0.05) is 12.6 Å². The van der Waals surface area contributed by atoms with Crippen LogP contribution in [0.4, 0.5) is 5.00 Å². The van der Waals surface area contributed by atoms with Crippen molar-refractivity contribution in [2.75, 3.05) is 18.5 Å². The lowest BCUT2D eigenvalue weighted by Gasteiger charge is -2.25. The third-order valence-electron chi connectivity index (χ3n) is 3.72. The Hall–Kier alpha value is -2.18. The molecule has 25 heavy (non-hydrogen) atoms. The normalized spacial score (nSPS) is 10.9. The number of rotatable bonds is 8. The first kappa shape index (κ1) is 19.1. The van der Waals surface area contributed by atoms with Crippen LogP contribution in [0, 0.1) is 0 Å². The van der Waals surface area contributed by atoms with Crippen LogP contribution in [0.15, 0.2) is 41.8 Å². The van der Waals surface area contributed by atoms with Crippen LogP contribution in [0.5, 0.6) is 0 Å². The predicted octanol–water partition coefficient (Wildman–Crippen LogP) is 3.77. The van der Waals surface area contributed by atoms with E-state index in [0.29, 0.717) is 23.7 Å². The number of ether oxygens (including phenoxy) is 1. The van der Waals surface area contributed by atoms with Crippen molar-refractivity contribution in [3.8, 4) is 0 Å². The average Bonchev–Trinajstić information content (AvgIpc) is 3.03. The molecule has 1 heterocycles. The van der Waals surface area contributed by atoms with E-state index < -0.39 is 5.97 Å². The molecular formula is C19H24N2O3S. The molecule has 0 aliphatic heterocycles. The second kappa shape index (κ2) is 9.34. The Morgan fingerprint density at radius 1 is 1.20 bits per heavy atom. The van der Waals surface area contributed by atoms with Gasteiger partial charge in [0.2, 0.25) is 5.91 Å². The van der Waals surface area contributed by atoms with Crippen molar-refractivity contribution in [2.24, 2.45) is 0 Å². The predicted molar refractivity (Wildman–Crippen MR) is 101 cm³/mol. The van der Waals surface area contributed by atoms with Gasteiger partial charge in [0.15, 0.2) is 0 Å². The Morgan fingerprint density at radius 2 is 1.92 bits per heavy atom. The molecule has 2 aromatic rings. The third kappa shape index (κ3) is 5.69. The van der Waals surface area contributed by atoms with Crippen LogP contribution in [-0.4, -0.2) is 36.0 Å². The molecule has 1 aromatic heterocycles. The van der Waals surface area contributed by atoms with E-state index in [1.807, 2.05) is 30.3 Å². The lowest BCUT2D eigenvalue weighted by molar-refractivity contribution is -0.117. The average molecular weight is 360 g/mol. The maximum atomic E-state index is 12.4. The topological polar surface area (TPSA) is 58.6 Å². The first-order valence-corrected chi connectivity index (χ1v) is 9.21. The maximum Gasteiger partial charge on any atom is 0.341 e. The van der Waals surface area contributed by atoms with Crippen LogP contribution in [0.2, 0.25) is 0 Å². The summed E-state index contributed by atoms with van der Waals surface area (Å²) in [4.78, 5) is 26.4. The number of hydrogen-bond donors (Lipinski definition) is 1. The van der Waals surface area contributed by atoms with Gasteiger partial charge >= 0.3 is 5.97 Å². The van der Waals surface area contributed by atoms with Gasteiger partial charge in [-0.3, -0.25) is 9.69 Å². The number of hydrogen-bond acceptors (Lipinski definition) is 5. The highest BCUT2D eigenvalue weighted by atomic mass is 32.1. The summed E-state index contributed by atoms with van der Waals surface area (Å²) in [5, 5.41) is 5.14. The molecule has 1 amide bonds. The van der Waals surface area contributed by atoms with Crippen molar-refractivity contribution in [2.45, 2.75) is 33.4 Å². The van der Waals surface area contributed by atoms with Crippen LogP contribution in [0.25, 0.3) is 0 Å². The number of anilines is 1. The van der Waals surface area contributed by atoms with Crippen LogP contribution >= 0.6 is 11.3 Å². The first-order valence-electron chi connectivity index (χ1n) is 8.33. The van der Waals surface area contributed by atoms with E-state index in [1.54, 1.807) is 18.4 Å². The molecule has 0 saturated carbocycles. The minimum absolute atomic E-state index is 0.141. The van der Waals surface area contributed by atoms with Gasteiger partial charge in [-0.2, -0.15) is 0 Å². The molecule has 0 bridgehead atoms. The van der Waals surface area contributed by atoms with Gasteiger partial charge in [-0.05, 0) is 37.8 Å². The minimum Gasteiger partial charge on any atom is -0.462 e. The zero-order valence-corrected chi connectivity index (χ0v) is 15.6. The fourth-order valence-electron chi connectivity index (χ4n) is 2.37. The Bertz CT molecular complexity index is 698. The molecule has 0 radical (unpaired) electrons. The Balaban J connectivity index is 2.00. The minimum atomic E-state index is -0.413. The molecule has 0 unspecified atom stereocenters. The summed E-state index contributed by atoms with van der Waals surface area (Å²) < 4.78 is 5.01. The number of carbonyl (C=O) groups is 2. The zero-order valence-electron chi connectivity index (χ0n) is 14.8. The van der Waals surface area contributed by atoms with Crippen LogP contribution in [0.1, 0.15) is 36.7 Å². The van der Waals surface area contributed by atoms with E-state index in [9.17, 15) is 9.59 Å². The van der Waals surface area contributed by atoms with Crippen molar-refractivity contribution in [3.63, 3.8) is 0 Å². The second-order valence-electron chi connectivity index (χ2n) is 5.92. The van der Waals surface area contributed by atoms with E-state index in [-0.39, 0.29) is 18.5 Å². The SMILES string of the molecule is CCOC(=O)c1ccsc1NC(=O)CN(Cc1ccccc1)C(C)C. The number of carbonyl (C=O) groups excluding carboxylic acids is 2. The van der Waals surface area contributed by atoms with E-state index in [1.165, 1.54) is 11.3 Å². The van der Waals surface area contributed by atoms with E-state index in [0.717, 1.165) is 5.56 Å². The van der Waals surface area contributed by atoms with Gasteiger partial charge in [-0.25, -0.2) is 4.79 Å². The molecular weight excluding hydrogens is 336 g/mol. The monoisotopic (exact) mass is 360 g/mol. The van der Waals surface area contributed by atoms with Crippen LogP contribution in [-0.2, 0) is 16.1 Å². The van der Waals surface area contributed by atoms with Crippen molar-refractivity contribution in [3.05, 3.63) is 52.9 Å². The lowest BCUT2D eigenvalue weighted by Crippen LogP contribution is -2.37. The van der Waals surface area contributed by atoms with Crippen molar-refractivity contribution < 1.29 is 14.3 Å². The number of nitrogens with zero attached hydrogens (tertiary/aromatic N) is 1. The summed E-state index contributed by atoms with van der Waals surface area (Å²) in [6.45, 7) is 7.14. The standard InChI is InChI=1S/C19H24N2O3S/c1-4-24-19(23)16-10-11-25-18(16)20-17(22)13-21(14(2)3)12-15-8-6-5-7-9-15/h5-11,14H,4,12-13H2,1-3H3,(H,20,22). The summed E-state index contributed by atoms with van der Waals surface area (Å²) in [6, 6.07) is 11.9. The van der Waals surface area contributed by atoms with Crippen LogP contribution < -0.4 is 5.32 Å². The third-order valence-corrected chi connectivity index (χ3v) is 4.55. The first-order chi connectivity index (χ1) is 12.0. The van der Waals surface area contributed by atoms with Crippen LogP contribution in [0.3, 0.4) is 0 Å². The Morgan fingerprint density at radius 3 is 2.56 bits per heavy atom. The molecule has 0 fully saturated rings. The highest BCUT2D eigenvalue weighted by Crippen LogP contribution is 2.24. The molecule has 1 N–H and O–H groups in total. The van der Waals surface area contributed by atoms with Gasteiger partial charge in [0.25, 0.3) is 0 Å². The summed E-state index contributed by atoms with van der Waals surface area (Å²) in [5.74, 6) is -0.554. The quantitative estimate of drug-likeness (QED) is 0.728. The molecule has 0 aliphatic rings. The highest BCUT2D eigenvalue weighted by molar-refractivity contribution is 7.14. The largest absolute Gasteiger partial charge is 0.462 e. The summed E-state index contributed by atoms with van der Waals surface area (Å²) in [6.07, 6.45) is 0. The molecule has 0 spiro atoms. The molecule has 134 valence electrons. The van der Waals surface area contributed by atoms with Crippen molar-refractivity contribution >= 4 is 28.2 Å². The van der Waals surface area contributed by atoms with Crippen molar-refractivity contribution in [1.82, 2.24) is 4.90 Å². The fraction of sp³-hybridized carbons (Fsp3) is 0.368. The van der Waals surface area contributed by atoms with E-state index in [4.69, 9.17) is 4.74 Å². The summed E-state index contributed by atoms with van der Waals surface area (Å²) >= 11 is 1.32. The Kier molecular flexibility index (Phi) is 7.16. The van der Waals surface area contributed by atoms with E-state index >= 15 is 0 Å². The molecule has 5 nitrogen and oxygen atoms in total. The fourth-order valence-corrected chi connectivity index (χ4v) is 3.16. The number of esters is 1. The number of nitrogens with one attached hydrogen (secondary N) is 1. The molecule has 6 heteroatoms. The van der Waals surface area contributed by atoms with Gasteiger partial charge < -0.3 is 10.1 Å². The second-order valence-corrected chi connectivity index (χ2v) is 6.83. The van der Waals surface area contributed by atoms with Gasteiger partial charge in [-0.1, -0.05) is 30.3 Å². The molecule has 2 rings (SSSR count). The summed E-state index contributed by atoms with van der Waals surface area (Å²) in [7, 11) is 0. The lowest BCUT2D eigenvalue weighted by atomic mass is 10.2. The molecule has 0 saturated heterocycles. The maximum absolute atomic E-state index is 12.4. The summed E-state index contributed by atoms with van der Waals surface area (Å²) in [5.41, 5.74) is 1.56. The number of amides is 1. The van der Waals surface area contributed by atoms with Crippen molar-refractivity contribution in [1.29, 1.82) is 0 Å². The highest BCUT2D eigenvalue weighted by Gasteiger charge is 2.19. The van der Waals surface area contributed by atoms with Gasteiger partial charge in [-0.15, -0.1) is 11.3 Å². The van der Waals surface area contributed by atoms with Gasteiger partial charge in [0.05, 0.1) is 18.7 Å². The number of benzene rings is 1. The number of thiophene rings is 1. The molecule has 1 aromatic carbocycles. The zero-order chi connectivity index (χ0) is 18.2. The smallest absolute Gasteiger partial charge is 0.341 e. The Labute approximate surface area is 152 Å². The molecule has 0 aliphatic carbocycles.